The second-order valence-electron chi connectivity index (χ2n) is 5.21. The maximum atomic E-state index is 12.3. The van der Waals surface area contributed by atoms with Gasteiger partial charge in [0.05, 0.1) is 5.56 Å². The molecule has 1 fully saturated rings. The van der Waals surface area contributed by atoms with E-state index in [2.05, 4.69) is 16.8 Å². The summed E-state index contributed by atoms with van der Waals surface area (Å²) in [7, 11) is 0. The van der Waals surface area contributed by atoms with Crippen molar-refractivity contribution in [2.75, 3.05) is 32.7 Å². The number of hydrogen-bond donors (Lipinski definition) is 1. The van der Waals surface area contributed by atoms with Gasteiger partial charge in [-0.05, 0) is 31.5 Å². The highest BCUT2D eigenvalue weighted by Crippen LogP contribution is 2.13. The van der Waals surface area contributed by atoms with Crippen molar-refractivity contribution in [2.24, 2.45) is 5.73 Å². The molecule has 110 valence electrons. The smallest absolute Gasteiger partial charge is 0.255 e. The minimum Gasteiger partial charge on any atom is -0.336 e. The van der Waals surface area contributed by atoms with Crippen LogP contribution in [0.5, 0.6) is 0 Å². The third kappa shape index (κ3) is 3.55. The van der Waals surface area contributed by atoms with Crippen molar-refractivity contribution >= 4 is 5.91 Å². The molecule has 0 aliphatic carbocycles. The molecule has 1 aliphatic heterocycles. The summed E-state index contributed by atoms with van der Waals surface area (Å²) in [4.78, 5) is 20.7. The number of rotatable bonds is 5. The molecule has 0 radical (unpaired) electrons. The van der Waals surface area contributed by atoms with Crippen molar-refractivity contribution in [3.63, 3.8) is 0 Å². The van der Waals surface area contributed by atoms with E-state index in [1.54, 1.807) is 18.5 Å². The minimum atomic E-state index is 0.0876. The summed E-state index contributed by atoms with van der Waals surface area (Å²) in [5, 5.41) is 0. The van der Waals surface area contributed by atoms with Gasteiger partial charge in [-0.2, -0.15) is 0 Å². The molecule has 2 heterocycles. The van der Waals surface area contributed by atoms with Crippen LogP contribution >= 0.6 is 0 Å². The van der Waals surface area contributed by atoms with Crippen LogP contribution in [-0.2, 0) is 0 Å². The topological polar surface area (TPSA) is 62.5 Å². The minimum absolute atomic E-state index is 0.0876. The third-order valence-electron chi connectivity index (χ3n) is 4.00. The molecular formula is C15H24N4O. The molecule has 1 amide bonds. The summed E-state index contributed by atoms with van der Waals surface area (Å²) >= 11 is 0. The van der Waals surface area contributed by atoms with Crippen LogP contribution in [0.1, 0.15) is 30.1 Å². The van der Waals surface area contributed by atoms with E-state index in [-0.39, 0.29) is 5.91 Å². The molecule has 2 N–H and O–H groups in total. The first kappa shape index (κ1) is 14.9. The molecule has 20 heavy (non-hydrogen) atoms. The number of piperazine rings is 1. The van der Waals surface area contributed by atoms with Crippen LogP contribution in [0.25, 0.3) is 0 Å². The van der Waals surface area contributed by atoms with Crippen molar-refractivity contribution in [1.29, 1.82) is 0 Å². The summed E-state index contributed by atoms with van der Waals surface area (Å²) in [6.07, 6.45) is 5.48. The Kier molecular flexibility index (Phi) is 5.49. The highest BCUT2D eigenvalue weighted by molar-refractivity contribution is 5.93. The van der Waals surface area contributed by atoms with E-state index in [1.807, 2.05) is 11.0 Å². The number of amides is 1. The molecule has 1 aromatic heterocycles. The average Bonchev–Trinajstić information content (AvgIpc) is 2.53. The molecule has 0 spiro atoms. The predicted octanol–water partition coefficient (Wildman–Crippen LogP) is 0.967. The van der Waals surface area contributed by atoms with E-state index in [0.717, 1.165) is 45.6 Å². The Bertz CT molecular complexity index is 415. The standard InChI is InChI=1S/C15H24N4O/c1-2-14(5-6-16)18-8-10-19(11-9-18)15(20)13-4-3-7-17-12-13/h3-4,7,12,14H,2,5-6,8-11,16H2,1H3. The van der Waals surface area contributed by atoms with Crippen LogP contribution in [0.15, 0.2) is 24.5 Å². The third-order valence-corrected chi connectivity index (χ3v) is 4.00. The highest BCUT2D eigenvalue weighted by Gasteiger charge is 2.25. The molecule has 5 nitrogen and oxygen atoms in total. The van der Waals surface area contributed by atoms with E-state index in [0.29, 0.717) is 11.6 Å². The van der Waals surface area contributed by atoms with Gasteiger partial charge in [-0.15, -0.1) is 0 Å². The molecule has 1 aliphatic rings. The van der Waals surface area contributed by atoms with Crippen molar-refractivity contribution in [3.05, 3.63) is 30.1 Å². The van der Waals surface area contributed by atoms with Gasteiger partial charge in [0, 0.05) is 44.6 Å². The van der Waals surface area contributed by atoms with Gasteiger partial charge >= 0.3 is 0 Å². The summed E-state index contributed by atoms with van der Waals surface area (Å²) in [6, 6.07) is 4.18. The van der Waals surface area contributed by atoms with Gasteiger partial charge in [0.15, 0.2) is 0 Å². The molecule has 0 bridgehead atoms. The summed E-state index contributed by atoms with van der Waals surface area (Å²) in [6.45, 7) is 6.37. The van der Waals surface area contributed by atoms with Gasteiger partial charge in [-0.25, -0.2) is 0 Å². The zero-order valence-electron chi connectivity index (χ0n) is 12.2. The van der Waals surface area contributed by atoms with Gasteiger partial charge in [-0.1, -0.05) is 6.92 Å². The van der Waals surface area contributed by atoms with Crippen LogP contribution in [-0.4, -0.2) is 59.5 Å². The first-order valence-electron chi connectivity index (χ1n) is 7.39. The number of carbonyl (C=O) groups is 1. The molecule has 0 aromatic carbocycles. The second kappa shape index (κ2) is 7.36. The van der Waals surface area contributed by atoms with Gasteiger partial charge in [0.25, 0.3) is 5.91 Å². The molecule has 5 heteroatoms. The van der Waals surface area contributed by atoms with E-state index in [9.17, 15) is 4.79 Å². The molecule has 1 aromatic rings. The Balaban J connectivity index is 1.89. The van der Waals surface area contributed by atoms with Crippen LogP contribution in [0.3, 0.4) is 0 Å². The Hall–Kier alpha value is -1.46. The summed E-state index contributed by atoms with van der Waals surface area (Å²) < 4.78 is 0. The fraction of sp³-hybridized carbons (Fsp3) is 0.600. The molecule has 1 unspecified atom stereocenters. The highest BCUT2D eigenvalue weighted by atomic mass is 16.2. The fourth-order valence-corrected chi connectivity index (χ4v) is 2.80. The zero-order valence-corrected chi connectivity index (χ0v) is 12.2. The SMILES string of the molecule is CCC(CCN)N1CCN(C(=O)c2cccnc2)CC1. The summed E-state index contributed by atoms with van der Waals surface area (Å²) in [5.41, 5.74) is 6.34. The van der Waals surface area contributed by atoms with Crippen LogP contribution in [0.2, 0.25) is 0 Å². The summed E-state index contributed by atoms with van der Waals surface area (Å²) in [5.74, 6) is 0.0876. The normalized spacial score (nSPS) is 18.0. The number of pyridine rings is 1. The number of carbonyl (C=O) groups excluding carboxylic acids is 1. The number of hydrogen-bond acceptors (Lipinski definition) is 4. The maximum absolute atomic E-state index is 12.3. The molecule has 2 rings (SSSR count). The van der Waals surface area contributed by atoms with E-state index in [4.69, 9.17) is 5.73 Å². The Morgan fingerprint density at radius 3 is 2.70 bits per heavy atom. The monoisotopic (exact) mass is 276 g/mol. The molecule has 0 saturated carbocycles. The number of aromatic nitrogens is 1. The predicted molar refractivity (Wildman–Crippen MR) is 79.5 cm³/mol. The Labute approximate surface area is 120 Å². The molecule has 1 saturated heterocycles. The largest absolute Gasteiger partial charge is 0.336 e. The van der Waals surface area contributed by atoms with Gasteiger partial charge < -0.3 is 10.6 Å². The fourth-order valence-electron chi connectivity index (χ4n) is 2.80. The average molecular weight is 276 g/mol. The van der Waals surface area contributed by atoms with E-state index in [1.165, 1.54) is 0 Å². The quantitative estimate of drug-likeness (QED) is 0.870. The lowest BCUT2D eigenvalue weighted by molar-refractivity contribution is 0.0556. The van der Waals surface area contributed by atoms with Crippen LogP contribution in [0, 0.1) is 0 Å². The lowest BCUT2D eigenvalue weighted by Gasteiger charge is -2.39. The second-order valence-corrected chi connectivity index (χ2v) is 5.21. The lowest BCUT2D eigenvalue weighted by Crippen LogP contribution is -2.52. The van der Waals surface area contributed by atoms with Crippen molar-refractivity contribution < 1.29 is 4.79 Å². The first-order chi connectivity index (χ1) is 9.76. The maximum Gasteiger partial charge on any atom is 0.255 e. The van der Waals surface area contributed by atoms with Crippen LogP contribution in [0.4, 0.5) is 0 Å². The Morgan fingerprint density at radius 2 is 2.15 bits per heavy atom. The molecule has 1 atom stereocenters. The first-order valence-corrected chi connectivity index (χ1v) is 7.39. The van der Waals surface area contributed by atoms with Gasteiger partial charge in [-0.3, -0.25) is 14.7 Å². The van der Waals surface area contributed by atoms with Crippen molar-refractivity contribution in [1.82, 2.24) is 14.8 Å². The van der Waals surface area contributed by atoms with Gasteiger partial charge in [0.2, 0.25) is 0 Å². The molecular weight excluding hydrogens is 252 g/mol. The Morgan fingerprint density at radius 1 is 1.40 bits per heavy atom. The van der Waals surface area contributed by atoms with Crippen LogP contribution < -0.4 is 5.73 Å². The van der Waals surface area contributed by atoms with Gasteiger partial charge in [0.1, 0.15) is 0 Å². The van der Waals surface area contributed by atoms with Crippen molar-refractivity contribution in [3.8, 4) is 0 Å². The zero-order chi connectivity index (χ0) is 14.4. The number of nitrogens with two attached hydrogens (primary N) is 1. The van der Waals surface area contributed by atoms with E-state index < -0.39 is 0 Å². The lowest BCUT2D eigenvalue weighted by atomic mass is 10.1. The number of nitrogens with zero attached hydrogens (tertiary/aromatic N) is 3. The van der Waals surface area contributed by atoms with E-state index >= 15 is 0 Å². The van der Waals surface area contributed by atoms with Crippen molar-refractivity contribution in [2.45, 2.75) is 25.8 Å².